The highest BCUT2D eigenvalue weighted by Gasteiger charge is 2.12. The van der Waals surface area contributed by atoms with Crippen LogP contribution in [-0.2, 0) is 4.74 Å². The number of phenolic OH excluding ortho intramolecular Hbond substituents is 3. The van der Waals surface area contributed by atoms with Crippen molar-refractivity contribution in [1.29, 1.82) is 0 Å². The summed E-state index contributed by atoms with van der Waals surface area (Å²) in [5.74, 6) is -2.38. The average Bonchev–Trinajstić information content (AvgIpc) is 2.70. The molecule has 0 saturated carbocycles. The van der Waals surface area contributed by atoms with Crippen LogP contribution < -0.4 is 0 Å². The Morgan fingerprint density at radius 1 is 0.967 bits per heavy atom. The normalized spacial score (nSPS) is 9.47. The maximum absolute atomic E-state index is 11.2. The van der Waals surface area contributed by atoms with Gasteiger partial charge in [-0.25, -0.2) is 9.59 Å². The summed E-state index contributed by atoms with van der Waals surface area (Å²) in [6.45, 7) is 7.69. The van der Waals surface area contributed by atoms with E-state index in [0.29, 0.717) is 12.5 Å². The van der Waals surface area contributed by atoms with Crippen molar-refractivity contribution in [2.24, 2.45) is 5.92 Å². The van der Waals surface area contributed by atoms with E-state index in [1.165, 1.54) is 24.3 Å². The number of carbonyl (C=O) groups excluding carboxylic acids is 1. The van der Waals surface area contributed by atoms with E-state index in [2.05, 4.69) is 11.3 Å². The third kappa shape index (κ3) is 10.00. The highest BCUT2D eigenvalue weighted by molar-refractivity contribution is 5.93. The molecular formula is C21H26O9. The monoisotopic (exact) mass is 422 g/mol. The number of hydrogen-bond acceptors (Lipinski definition) is 8. The van der Waals surface area contributed by atoms with E-state index in [1.54, 1.807) is 0 Å². The molecule has 0 amide bonds. The first-order valence-electron chi connectivity index (χ1n) is 8.69. The van der Waals surface area contributed by atoms with Crippen LogP contribution in [0.3, 0.4) is 0 Å². The van der Waals surface area contributed by atoms with Crippen LogP contribution in [0.2, 0.25) is 0 Å². The lowest BCUT2D eigenvalue weighted by Gasteiger charge is -2.04. The molecule has 0 radical (unpaired) electrons. The van der Waals surface area contributed by atoms with Gasteiger partial charge in [-0.3, -0.25) is 0 Å². The Morgan fingerprint density at radius 2 is 1.40 bits per heavy atom. The fraction of sp³-hybridized carbons (Fsp3) is 0.238. The van der Waals surface area contributed by atoms with Gasteiger partial charge in [0.05, 0.1) is 0 Å². The summed E-state index contributed by atoms with van der Waals surface area (Å²) < 4.78 is 4.68. The lowest BCUT2D eigenvalue weighted by Crippen LogP contribution is -2.05. The topological polar surface area (TPSA) is 165 Å². The fourth-order valence-corrected chi connectivity index (χ4v) is 1.60. The molecule has 0 spiro atoms. The molecule has 6 N–H and O–H groups in total. The van der Waals surface area contributed by atoms with Gasteiger partial charge in [0, 0.05) is 6.61 Å². The third-order valence-electron chi connectivity index (χ3n) is 3.11. The molecular weight excluding hydrogens is 396 g/mol. The highest BCUT2D eigenvalue weighted by Crippen LogP contribution is 2.23. The fourth-order valence-electron chi connectivity index (χ4n) is 1.60. The molecule has 2 rings (SSSR count). The van der Waals surface area contributed by atoms with Crippen LogP contribution in [0, 0.1) is 5.92 Å². The molecule has 0 unspecified atom stereocenters. The van der Waals surface area contributed by atoms with Crippen molar-refractivity contribution < 1.29 is 45.0 Å². The molecule has 164 valence electrons. The number of carboxylic acids is 1. The smallest absolute Gasteiger partial charge is 0.342 e. The number of aromatic hydroxyl groups is 4. The zero-order valence-corrected chi connectivity index (χ0v) is 16.6. The lowest BCUT2D eigenvalue weighted by molar-refractivity contribution is 0.0545. The molecule has 0 aliphatic heterocycles. The number of aromatic carboxylic acids is 1. The minimum atomic E-state index is -1.27. The molecule has 0 aliphatic carbocycles. The summed E-state index contributed by atoms with van der Waals surface area (Å²) in [7, 11) is 0. The summed E-state index contributed by atoms with van der Waals surface area (Å²) in [6, 6.07) is 6.96. The van der Waals surface area contributed by atoms with Crippen LogP contribution in [0.1, 0.15) is 34.6 Å². The minimum Gasteiger partial charge on any atom is -0.508 e. The molecule has 0 atom stereocenters. The second kappa shape index (κ2) is 13.5. The predicted molar refractivity (Wildman–Crippen MR) is 109 cm³/mol. The van der Waals surface area contributed by atoms with Crippen LogP contribution >= 0.6 is 0 Å². The lowest BCUT2D eigenvalue weighted by atomic mass is 10.2. The summed E-state index contributed by atoms with van der Waals surface area (Å²) >= 11 is 0. The predicted octanol–water partition coefficient (Wildman–Crippen LogP) is 2.87. The van der Waals surface area contributed by atoms with Gasteiger partial charge in [-0.15, -0.1) is 0 Å². The van der Waals surface area contributed by atoms with Gasteiger partial charge in [0.25, 0.3) is 0 Å². The molecule has 0 heterocycles. The Hall–Kier alpha value is -3.72. The Labute approximate surface area is 173 Å². The van der Waals surface area contributed by atoms with Gasteiger partial charge in [-0.2, -0.15) is 0 Å². The second-order valence-corrected chi connectivity index (χ2v) is 6.17. The zero-order valence-electron chi connectivity index (χ0n) is 16.6. The molecule has 9 heteroatoms. The van der Waals surface area contributed by atoms with Crippen molar-refractivity contribution in [1.82, 2.24) is 0 Å². The van der Waals surface area contributed by atoms with Crippen LogP contribution in [0.5, 0.6) is 23.0 Å². The van der Waals surface area contributed by atoms with Gasteiger partial charge in [-0.05, 0) is 42.3 Å². The van der Waals surface area contributed by atoms with E-state index in [4.69, 9.17) is 25.5 Å². The van der Waals surface area contributed by atoms with Crippen molar-refractivity contribution >= 4 is 11.9 Å². The zero-order chi connectivity index (χ0) is 23.3. The van der Waals surface area contributed by atoms with Gasteiger partial charge in [-0.1, -0.05) is 26.5 Å². The number of carbonyl (C=O) groups is 2. The molecule has 2 aromatic rings. The third-order valence-corrected chi connectivity index (χ3v) is 3.11. The van der Waals surface area contributed by atoms with Gasteiger partial charge in [0.1, 0.15) is 40.7 Å². The van der Waals surface area contributed by atoms with Gasteiger partial charge >= 0.3 is 11.9 Å². The van der Waals surface area contributed by atoms with E-state index >= 15 is 0 Å². The Morgan fingerprint density at radius 3 is 1.77 bits per heavy atom. The first-order chi connectivity index (χ1) is 14.0. The van der Waals surface area contributed by atoms with E-state index in [0.717, 1.165) is 18.2 Å². The number of phenols is 4. The number of ether oxygens (including phenoxy) is 1. The molecule has 0 aromatic heterocycles. The molecule has 0 fully saturated rings. The number of benzene rings is 2. The van der Waals surface area contributed by atoms with Crippen LogP contribution in [0.4, 0.5) is 0 Å². The maximum Gasteiger partial charge on any atom is 0.342 e. The second-order valence-electron chi connectivity index (χ2n) is 6.17. The first kappa shape index (κ1) is 26.3. The SMILES string of the molecule is C=CCOC(=O)c1cc(O)ccc1O.CC(C)CO.O=C(O)c1cc(O)ccc1O. The van der Waals surface area contributed by atoms with E-state index in [9.17, 15) is 14.7 Å². The molecule has 0 aliphatic rings. The van der Waals surface area contributed by atoms with E-state index < -0.39 is 11.9 Å². The number of hydrogen-bond donors (Lipinski definition) is 6. The van der Waals surface area contributed by atoms with Crippen LogP contribution in [-0.4, -0.2) is 55.8 Å². The summed E-state index contributed by atoms with van der Waals surface area (Å²) in [5.41, 5.74) is -0.364. The number of carboxylic acid groups (broad SMARTS) is 1. The number of aliphatic hydroxyl groups is 1. The summed E-state index contributed by atoms with van der Waals surface area (Å²) in [5, 5.41) is 52.6. The Balaban J connectivity index is 0.000000468. The summed E-state index contributed by atoms with van der Waals surface area (Å²) in [6.07, 6.45) is 1.41. The summed E-state index contributed by atoms with van der Waals surface area (Å²) in [4.78, 5) is 21.5. The van der Waals surface area contributed by atoms with E-state index in [-0.39, 0.29) is 40.7 Å². The van der Waals surface area contributed by atoms with Gasteiger partial charge in [0.2, 0.25) is 0 Å². The van der Waals surface area contributed by atoms with E-state index in [1.807, 2.05) is 13.8 Å². The van der Waals surface area contributed by atoms with Crippen molar-refractivity contribution in [3.8, 4) is 23.0 Å². The standard InChI is InChI=1S/C10H10O4.C7H6O4.C4H10O/c1-2-5-14-10(13)8-6-7(11)3-4-9(8)12;8-4-1-2-6(9)5(3-4)7(10)11;1-4(2)3-5/h2-4,6,11-12H,1,5H2;1-3,8-9H,(H,10,11);4-5H,3H2,1-2H3. The molecule has 2 aromatic carbocycles. The molecule has 0 saturated heterocycles. The van der Waals surface area contributed by atoms with Gasteiger partial charge in [0.15, 0.2) is 0 Å². The Kier molecular flexibility index (Phi) is 11.8. The van der Waals surface area contributed by atoms with Crippen molar-refractivity contribution in [3.05, 3.63) is 60.2 Å². The van der Waals surface area contributed by atoms with Gasteiger partial charge < -0.3 is 35.4 Å². The maximum atomic E-state index is 11.2. The van der Waals surface area contributed by atoms with Crippen molar-refractivity contribution in [3.63, 3.8) is 0 Å². The average molecular weight is 422 g/mol. The molecule has 0 bridgehead atoms. The molecule has 9 nitrogen and oxygen atoms in total. The van der Waals surface area contributed by atoms with Crippen LogP contribution in [0.15, 0.2) is 49.1 Å². The van der Waals surface area contributed by atoms with Crippen molar-refractivity contribution in [2.75, 3.05) is 13.2 Å². The highest BCUT2D eigenvalue weighted by atomic mass is 16.5. The Bertz CT molecular complexity index is 844. The molecule has 30 heavy (non-hydrogen) atoms. The quantitative estimate of drug-likeness (QED) is 0.241. The van der Waals surface area contributed by atoms with Crippen LogP contribution in [0.25, 0.3) is 0 Å². The minimum absolute atomic E-state index is 0.0631. The largest absolute Gasteiger partial charge is 0.508 e. The number of esters is 1. The first-order valence-corrected chi connectivity index (χ1v) is 8.69. The van der Waals surface area contributed by atoms with Crippen molar-refractivity contribution in [2.45, 2.75) is 13.8 Å². The number of rotatable bonds is 5. The number of aliphatic hydroxyl groups excluding tert-OH is 1.